The fraction of sp³-hybridized carbons (Fsp3) is 0.400. The lowest BCUT2D eigenvalue weighted by molar-refractivity contribution is -0.179. The zero-order chi connectivity index (χ0) is 46.8. The maximum atomic E-state index is 16.7. The molecule has 0 unspecified atom stereocenters. The fourth-order valence-corrected chi connectivity index (χ4v) is 11.2. The summed E-state index contributed by atoms with van der Waals surface area (Å²) in [6.07, 6.45) is 9.56. The van der Waals surface area contributed by atoms with E-state index in [1.54, 1.807) is 43.0 Å². The Balaban J connectivity index is 1.35. The van der Waals surface area contributed by atoms with Crippen LogP contribution in [0.4, 0.5) is 10.5 Å². The smallest absolute Gasteiger partial charge is 0.329 e. The quantitative estimate of drug-likeness (QED) is 0.138. The van der Waals surface area contributed by atoms with Crippen LogP contribution in [0, 0.1) is 23.7 Å². The van der Waals surface area contributed by atoms with Gasteiger partial charge in [-0.05, 0) is 103 Å². The van der Waals surface area contributed by atoms with Crippen LogP contribution in [0.15, 0.2) is 115 Å². The predicted octanol–water partition coefficient (Wildman–Crippen LogP) is 8.61. The number of cyclic esters (lactones) is 1. The van der Waals surface area contributed by atoms with Gasteiger partial charge in [0.1, 0.15) is 29.4 Å². The van der Waals surface area contributed by atoms with Crippen molar-refractivity contribution in [2.24, 2.45) is 11.8 Å². The number of urea groups is 1. The largest absolute Gasteiger partial charge is 0.508 e. The van der Waals surface area contributed by atoms with Gasteiger partial charge in [-0.3, -0.25) is 19.3 Å². The minimum absolute atomic E-state index is 0.0169. The molecule has 1 aliphatic carbocycles. The number of morpholine rings is 1. The molecule has 3 saturated heterocycles. The lowest BCUT2D eigenvalue weighted by atomic mass is 9.64. The van der Waals surface area contributed by atoms with Crippen molar-refractivity contribution in [1.29, 1.82) is 0 Å². The van der Waals surface area contributed by atoms with Crippen LogP contribution in [-0.2, 0) is 34.1 Å². The molecule has 1 spiro atoms. The van der Waals surface area contributed by atoms with Crippen LogP contribution in [0.25, 0.3) is 0 Å². The molecule has 2 N–H and O–H groups in total. The van der Waals surface area contributed by atoms with Crippen LogP contribution in [0.3, 0.4) is 0 Å². The van der Waals surface area contributed by atoms with Gasteiger partial charge in [0.15, 0.2) is 0 Å². The summed E-state index contributed by atoms with van der Waals surface area (Å²) in [5.41, 5.74) is 2.19. The van der Waals surface area contributed by atoms with Crippen LogP contribution in [0.2, 0.25) is 0 Å². The first-order valence-corrected chi connectivity index (χ1v) is 23.8. The summed E-state index contributed by atoms with van der Waals surface area (Å²) in [5.74, 6) is 2.38. The number of ether oxygens (including phenoxy) is 2. The highest BCUT2D eigenvalue weighted by Gasteiger charge is 2.76. The summed E-state index contributed by atoms with van der Waals surface area (Å²) < 4.78 is 11.8. The van der Waals surface area contributed by atoms with E-state index in [2.05, 4.69) is 23.2 Å². The molecule has 67 heavy (non-hydrogen) atoms. The van der Waals surface area contributed by atoms with Crippen LogP contribution in [0.1, 0.15) is 118 Å². The molecular formula is C55H58N4O8. The second-order valence-electron chi connectivity index (χ2n) is 18.7. The Kier molecular flexibility index (Phi) is 13.1. The highest BCUT2D eigenvalue weighted by molar-refractivity contribution is 6.25. The molecule has 5 aliphatic rings. The second-order valence-corrected chi connectivity index (χ2v) is 18.7. The minimum Gasteiger partial charge on any atom is -0.508 e. The Bertz CT molecular complexity index is 2610. The summed E-state index contributed by atoms with van der Waals surface area (Å²) in [5, 5.41) is 13.6. The number of likely N-dealkylation sites (tertiary alicyclic amines) is 1. The van der Waals surface area contributed by atoms with E-state index < -0.39 is 71.4 Å². The Hall–Kier alpha value is -6.71. The molecular weight excluding hydrogens is 845 g/mol. The van der Waals surface area contributed by atoms with E-state index in [0.717, 1.165) is 79.4 Å². The average molecular weight is 903 g/mol. The van der Waals surface area contributed by atoms with E-state index >= 15 is 19.2 Å². The van der Waals surface area contributed by atoms with Crippen molar-refractivity contribution in [2.75, 3.05) is 25.1 Å². The Labute approximate surface area is 392 Å². The molecule has 4 aromatic carbocycles. The Morgan fingerprint density at radius 3 is 2.10 bits per heavy atom. The van der Waals surface area contributed by atoms with E-state index in [-0.39, 0.29) is 17.3 Å². The van der Waals surface area contributed by atoms with Crippen molar-refractivity contribution < 1.29 is 38.6 Å². The summed E-state index contributed by atoms with van der Waals surface area (Å²) in [7, 11) is 1.24. The van der Waals surface area contributed by atoms with Gasteiger partial charge in [-0.2, -0.15) is 0 Å². The molecule has 0 bridgehead atoms. The lowest BCUT2D eigenvalue weighted by Gasteiger charge is -2.46. The SMILES string of the molecule is COC(=O)[C@@H](NC(=O)N1C(=O)[C@@]2(c3cc(C#CC4=CCCCC4)ccc31)[C@H](c1ccc(O)cc1)N1[C@H](c3ccccc3)[C@H](c3ccccc3)OC(=O)[C@H]1[C@@H]2C(=O)N1CCCCCCC1)C(C)C. The lowest BCUT2D eigenvalue weighted by Crippen LogP contribution is -2.58. The Morgan fingerprint density at radius 2 is 1.46 bits per heavy atom. The molecule has 0 aromatic heterocycles. The number of phenols is 1. The number of benzene rings is 4. The number of nitrogens with zero attached hydrogens (tertiary/aromatic N) is 3. The number of phenolic OH excluding ortho intramolecular Hbond substituents is 1. The maximum absolute atomic E-state index is 16.7. The number of amides is 4. The molecule has 4 amide bonds. The van der Waals surface area contributed by atoms with Gasteiger partial charge in [-0.25, -0.2) is 14.5 Å². The summed E-state index contributed by atoms with van der Waals surface area (Å²) >= 11 is 0. The van der Waals surface area contributed by atoms with Crippen LogP contribution >= 0.6 is 0 Å². The molecule has 3 fully saturated rings. The highest BCUT2D eigenvalue weighted by Crippen LogP contribution is 2.66. The number of carbonyl (C=O) groups is 5. The molecule has 0 saturated carbocycles. The zero-order valence-electron chi connectivity index (χ0n) is 38.4. The molecule has 4 aromatic rings. The van der Waals surface area contributed by atoms with Crippen molar-refractivity contribution in [2.45, 2.75) is 107 Å². The molecule has 346 valence electrons. The highest BCUT2D eigenvalue weighted by atomic mass is 16.6. The first-order valence-electron chi connectivity index (χ1n) is 23.8. The molecule has 4 heterocycles. The number of fused-ring (bicyclic) bond motifs is 3. The van der Waals surface area contributed by atoms with E-state index in [4.69, 9.17) is 9.47 Å². The maximum Gasteiger partial charge on any atom is 0.329 e. The van der Waals surface area contributed by atoms with Gasteiger partial charge in [0.2, 0.25) is 11.8 Å². The number of nitrogens with one attached hydrogen (secondary N) is 1. The molecule has 12 heteroatoms. The number of carbonyl (C=O) groups excluding carboxylic acids is 5. The van der Waals surface area contributed by atoms with E-state index in [1.165, 1.54) is 19.2 Å². The van der Waals surface area contributed by atoms with Crippen LogP contribution in [0.5, 0.6) is 5.75 Å². The van der Waals surface area contributed by atoms with Crippen LogP contribution < -0.4 is 10.2 Å². The molecule has 0 radical (unpaired) electrons. The number of hydrogen-bond donors (Lipinski definition) is 2. The summed E-state index contributed by atoms with van der Waals surface area (Å²) in [6, 6.07) is 25.7. The monoisotopic (exact) mass is 902 g/mol. The van der Waals surface area contributed by atoms with Crippen molar-refractivity contribution in [3.8, 4) is 17.6 Å². The van der Waals surface area contributed by atoms with Gasteiger partial charge in [0.25, 0.3) is 0 Å². The summed E-state index contributed by atoms with van der Waals surface area (Å²) in [6.45, 7) is 4.38. The first-order chi connectivity index (χ1) is 32.5. The van der Waals surface area contributed by atoms with Crippen molar-refractivity contribution in [1.82, 2.24) is 15.1 Å². The van der Waals surface area contributed by atoms with Gasteiger partial charge in [-0.1, -0.05) is 124 Å². The third kappa shape index (κ3) is 8.28. The number of aromatic hydroxyl groups is 1. The fourth-order valence-electron chi connectivity index (χ4n) is 11.2. The molecule has 9 rings (SSSR count). The summed E-state index contributed by atoms with van der Waals surface area (Å²) in [4.78, 5) is 81.4. The number of rotatable bonds is 7. The normalized spacial score (nSPS) is 25.4. The number of allylic oxidation sites excluding steroid dienone is 2. The number of imide groups is 1. The van der Waals surface area contributed by atoms with Gasteiger partial charge in [-0.15, -0.1) is 0 Å². The Morgan fingerprint density at radius 1 is 0.791 bits per heavy atom. The average Bonchev–Trinajstić information content (AvgIpc) is 3.79. The van der Waals surface area contributed by atoms with Crippen molar-refractivity contribution in [3.63, 3.8) is 0 Å². The van der Waals surface area contributed by atoms with E-state index in [9.17, 15) is 9.90 Å². The predicted molar refractivity (Wildman–Crippen MR) is 252 cm³/mol. The van der Waals surface area contributed by atoms with Gasteiger partial charge in [0.05, 0.1) is 30.8 Å². The van der Waals surface area contributed by atoms with Crippen molar-refractivity contribution in [3.05, 3.63) is 143 Å². The van der Waals surface area contributed by atoms with Crippen molar-refractivity contribution >= 4 is 35.5 Å². The van der Waals surface area contributed by atoms with Crippen LogP contribution in [-0.4, -0.2) is 77.0 Å². The molecule has 4 aliphatic heterocycles. The number of esters is 2. The number of methoxy groups -OCH3 is 1. The topological polar surface area (TPSA) is 146 Å². The zero-order valence-corrected chi connectivity index (χ0v) is 38.4. The van der Waals surface area contributed by atoms with Gasteiger partial charge >= 0.3 is 18.0 Å². The molecule has 7 atom stereocenters. The van der Waals surface area contributed by atoms with E-state index in [1.807, 2.05) is 71.6 Å². The number of anilines is 1. The second kappa shape index (κ2) is 19.3. The minimum atomic E-state index is -1.98. The third-order valence-electron chi connectivity index (χ3n) is 14.4. The first kappa shape index (κ1) is 45.4. The van der Waals surface area contributed by atoms with Gasteiger partial charge < -0.3 is 24.8 Å². The van der Waals surface area contributed by atoms with E-state index in [0.29, 0.717) is 29.8 Å². The standard InChI is InChI=1S/C55H58N4O8/c1-35(2)45(51(62)66-3)56-54(65)58-43-31-26-37(25-24-36-18-10-7-11-19-36)34-42(43)55(53(58)64)44(50(61)57-32-16-5-4-6-17-33-57)47-52(63)67-48(39-22-14-9-15-23-39)46(38-20-12-8-13-21-38)59(47)49(55)40-27-29-41(60)30-28-40/h8-9,12-15,18,20-23,26-31,34-35,44-49,60H,4-7,10-11,16-17,19,32-33H2,1-3H3,(H,56,65)/t44-,45+,46-,47-,48+,49+,55-/m1/s1. The third-order valence-corrected chi connectivity index (χ3v) is 14.4. The number of hydrogen-bond acceptors (Lipinski definition) is 9. The molecule has 12 nitrogen and oxygen atoms in total. The van der Waals surface area contributed by atoms with Gasteiger partial charge in [0, 0.05) is 18.7 Å².